The van der Waals surface area contributed by atoms with Crippen molar-refractivity contribution in [3.05, 3.63) is 60.2 Å². The Morgan fingerprint density at radius 3 is 2.73 bits per heavy atom. The standard InChI is InChI=1S/C21H18F2N4O3/c22-20(23)30-17-3-1-2-14(10-17)18-11-19(25-24-18)27(13-28)16-6-4-15(5-7-16)21-12-26(21)8-9-29-21/h1-7,10-11,13,20H,8-9,12H2,(H,24,25). The number of rotatable bonds is 7. The van der Waals surface area contributed by atoms with Gasteiger partial charge in [0.15, 0.2) is 11.5 Å². The van der Waals surface area contributed by atoms with Gasteiger partial charge in [0, 0.05) is 30.3 Å². The molecule has 0 spiro atoms. The maximum atomic E-state index is 12.5. The molecule has 1 amide bonds. The zero-order valence-electron chi connectivity index (χ0n) is 15.8. The van der Waals surface area contributed by atoms with E-state index in [9.17, 15) is 13.6 Å². The first-order valence-electron chi connectivity index (χ1n) is 9.44. The Morgan fingerprint density at radius 2 is 2.07 bits per heavy atom. The van der Waals surface area contributed by atoms with Crippen LogP contribution in [0.25, 0.3) is 11.3 Å². The Labute approximate surface area is 170 Å². The number of nitrogens with one attached hydrogen (secondary N) is 1. The molecule has 30 heavy (non-hydrogen) atoms. The van der Waals surface area contributed by atoms with E-state index < -0.39 is 6.61 Å². The van der Waals surface area contributed by atoms with Gasteiger partial charge in [0.2, 0.25) is 6.41 Å². The van der Waals surface area contributed by atoms with Gasteiger partial charge < -0.3 is 9.47 Å². The lowest BCUT2D eigenvalue weighted by Crippen LogP contribution is -2.16. The van der Waals surface area contributed by atoms with E-state index in [0.29, 0.717) is 29.2 Å². The summed E-state index contributed by atoms with van der Waals surface area (Å²) in [6, 6.07) is 15.5. The summed E-state index contributed by atoms with van der Waals surface area (Å²) in [4.78, 5) is 15.4. The largest absolute Gasteiger partial charge is 0.435 e. The third kappa shape index (κ3) is 3.21. The van der Waals surface area contributed by atoms with Crippen molar-refractivity contribution in [2.24, 2.45) is 0 Å². The third-order valence-electron chi connectivity index (χ3n) is 5.40. The summed E-state index contributed by atoms with van der Waals surface area (Å²) in [6.07, 6.45) is 0.680. The highest BCUT2D eigenvalue weighted by atomic mass is 19.3. The lowest BCUT2D eigenvalue weighted by Gasteiger charge is -2.16. The number of aromatic nitrogens is 2. The van der Waals surface area contributed by atoms with Crippen molar-refractivity contribution in [3.63, 3.8) is 0 Å². The highest BCUT2D eigenvalue weighted by Gasteiger charge is 2.58. The molecule has 2 saturated heterocycles. The molecule has 7 nitrogen and oxygen atoms in total. The fourth-order valence-corrected chi connectivity index (χ4v) is 3.85. The second-order valence-corrected chi connectivity index (χ2v) is 7.12. The van der Waals surface area contributed by atoms with Gasteiger partial charge in [0.05, 0.1) is 18.0 Å². The summed E-state index contributed by atoms with van der Waals surface area (Å²) >= 11 is 0. The number of hydrogen-bond donors (Lipinski definition) is 1. The van der Waals surface area contributed by atoms with E-state index in [2.05, 4.69) is 19.8 Å². The lowest BCUT2D eigenvalue weighted by molar-refractivity contribution is -0.106. The van der Waals surface area contributed by atoms with Crippen molar-refractivity contribution in [2.75, 3.05) is 24.6 Å². The van der Waals surface area contributed by atoms with Crippen LogP contribution in [0, 0.1) is 0 Å². The number of alkyl halides is 2. The predicted molar refractivity (Wildman–Crippen MR) is 105 cm³/mol. The number of carbonyl (C=O) groups excluding carboxylic acids is 1. The maximum Gasteiger partial charge on any atom is 0.387 e. The van der Waals surface area contributed by atoms with Crippen LogP contribution in [0.5, 0.6) is 5.75 Å². The van der Waals surface area contributed by atoms with E-state index in [1.54, 1.807) is 18.2 Å². The summed E-state index contributed by atoms with van der Waals surface area (Å²) in [6.45, 7) is -0.354. The van der Waals surface area contributed by atoms with E-state index in [1.807, 2.05) is 24.3 Å². The molecular weight excluding hydrogens is 394 g/mol. The van der Waals surface area contributed by atoms with E-state index in [0.717, 1.165) is 25.3 Å². The zero-order valence-corrected chi connectivity index (χ0v) is 15.8. The van der Waals surface area contributed by atoms with Crippen molar-refractivity contribution in [2.45, 2.75) is 12.3 Å². The quantitative estimate of drug-likeness (QED) is 0.475. The van der Waals surface area contributed by atoms with Gasteiger partial charge in [-0.25, -0.2) is 0 Å². The molecular formula is C21H18F2N4O3. The van der Waals surface area contributed by atoms with Crippen LogP contribution < -0.4 is 9.64 Å². The number of halogens is 2. The molecule has 0 saturated carbocycles. The molecule has 9 heteroatoms. The number of H-pyrrole nitrogens is 1. The van der Waals surface area contributed by atoms with Crippen molar-refractivity contribution in [1.29, 1.82) is 0 Å². The van der Waals surface area contributed by atoms with Gasteiger partial charge in [-0.3, -0.25) is 19.7 Å². The number of ether oxygens (including phenoxy) is 2. The molecule has 2 aromatic carbocycles. The normalized spacial score (nSPS) is 22.0. The molecule has 2 unspecified atom stereocenters. The molecule has 0 aliphatic carbocycles. The van der Waals surface area contributed by atoms with Gasteiger partial charge in [-0.2, -0.15) is 13.9 Å². The monoisotopic (exact) mass is 412 g/mol. The van der Waals surface area contributed by atoms with Crippen LogP contribution >= 0.6 is 0 Å². The van der Waals surface area contributed by atoms with Gasteiger partial charge in [-0.1, -0.05) is 24.3 Å². The van der Waals surface area contributed by atoms with Gasteiger partial charge in [-0.05, 0) is 24.3 Å². The molecule has 2 fully saturated rings. The summed E-state index contributed by atoms with van der Waals surface area (Å²) in [5.74, 6) is 0.431. The number of morpholine rings is 1. The number of nitrogens with zero attached hydrogens (tertiary/aromatic N) is 3. The number of amides is 1. The Balaban J connectivity index is 1.37. The molecule has 3 aromatic rings. The van der Waals surface area contributed by atoms with Crippen molar-refractivity contribution in [1.82, 2.24) is 15.1 Å². The molecule has 2 aliphatic heterocycles. The second-order valence-electron chi connectivity index (χ2n) is 7.12. The Bertz CT molecular complexity index is 1070. The van der Waals surface area contributed by atoms with Gasteiger partial charge in [0.1, 0.15) is 5.75 Å². The fourth-order valence-electron chi connectivity index (χ4n) is 3.85. The fraction of sp³-hybridized carbons (Fsp3) is 0.238. The van der Waals surface area contributed by atoms with Crippen LogP contribution in [0.3, 0.4) is 0 Å². The van der Waals surface area contributed by atoms with Crippen molar-refractivity contribution < 1.29 is 23.0 Å². The van der Waals surface area contributed by atoms with Crippen molar-refractivity contribution in [3.8, 4) is 17.0 Å². The summed E-state index contributed by atoms with van der Waals surface area (Å²) in [5, 5.41) is 7.04. The van der Waals surface area contributed by atoms with E-state index in [-0.39, 0.29) is 11.5 Å². The summed E-state index contributed by atoms with van der Waals surface area (Å²) in [7, 11) is 0. The average Bonchev–Trinajstić information content (AvgIpc) is 3.08. The Hall–Kier alpha value is -3.30. The number of benzene rings is 2. The molecule has 2 aliphatic rings. The molecule has 2 atom stereocenters. The summed E-state index contributed by atoms with van der Waals surface area (Å²) in [5.41, 5.74) is 2.60. The number of hydrogen-bond acceptors (Lipinski definition) is 5. The van der Waals surface area contributed by atoms with Crippen LogP contribution in [0.15, 0.2) is 54.6 Å². The third-order valence-corrected chi connectivity index (χ3v) is 5.40. The first kappa shape index (κ1) is 18.7. The maximum absolute atomic E-state index is 12.5. The molecule has 5 rings (SSSR count). The molecule has 0 radical (unpaired) electrons. The average molecular weight is 412 g/mol. The van der Waals surface area contributed by atoms with Gasteiger partial charge >= 0.3 is 6.61 Å². The minimum absolute atomic E-state index is 0.0455. The predicted octanol–water partition coefficient (Wildman–Crippen LogP) is 3.47. The highest BCUT2D eigenvalue weighted by Crippen LogP contribution is 2.47. The second kappa shape index (κ2) is 7.19. The first-order valence-corrected chi connectivity index (χ1v) is 9.44. The van der Waals surface area contributed by atoms with Gasteiger partial charge in [0.25, 0.3) is 0 Å². The van der Waals surface area contributed by atoms with E-state index >= 15 is 0 Å². The van der Waals surface area contributed by atoms with Crippen molar-refractivity contribution >= 4 is 17.9 Å². The number of aromatic amines is 1. The molecule has 1 N–H and O–H groups in total. The molecule has 1 aromatic heterocycles. The number of fused-ring (bicyclic) bond motifs is 1. The van der Waals surface area contributed by atoms with Crippen LogP contribution in [-0.2, 0) is 15.3 Å². The summed E-state index contributed by atoms with van der Waals surface area (Å²) < 4.78 is 35.2. The van der Waals surface area contributed by atoms with Gasteiger partial charge in [-0.15, -0.1) is 0 Å². The van der Waals surface area contributed by atoms with E-state index in [1.165, 1.54) is 17.0 Å². The van der Waals surface area contributed by atoms with Crippen LogP contribution in [-0.4, -0.2) is 47.8 Å². The Kier molecular flexibility index (Phi) is 4.48. The highest BCUT2D eigenvalue weighted by molar-refractivity contribution is 5.86. The van der Waals surface area contributed by atoms with Crippen LogP contribution in [0.4, 0.5) is 20.3 Å². The first-order chi connectivity index (χ1) is 14.6. The molecule has 154 valence electrons. The van der Waals surface area contributed by atoms with Crippen LogP contribution in [0.2, 0.25) is 0 Å². The minimum Gasteiger partial charge on any atom is -0.435 e. The smallest absolute Gasteiger partial charge is 0.387 e. The topological polar surface area (TPSA) is 70.5 Å². The SMILES string of the molecule is O=CN(c1ccc(C23CN2CCO3)cc1)c1cc(-c2cccc(OC(F)F)c2)[nH]n1. The lowest BCUT2D eigenvalue weighted by atomic mass is 10.1. The number of carbonyl (C=O) groups is 1. The number of anilines is 2. The zero-order chi connectivity index (χ0) is 20.7. The van der Waals surface area contributed by atoms with Crippen LogP contribution in [0.1, 0.15) is 5.56 Å². The minimum atomic E-state index is -2.90. The molecule has 0 bridgehead atoms. The van der Waals surface area contributed by atoms with E-state index in [4.69, 9.17) is 4.74 Å². The Morgan fingerprint density at radius 1 is 1.23 bits per heavy atom. The molecule has 3 heterocycles.